The summed E-state index contributed by atoms with van der Waals surface area (Å²) >= 11 is 0. The molecule has 0 radical (unpaired) electrons. The van der Waals surface area contributed by atoms with Crippen LogP contribution in [0.2, 0.25) is 0 Å². The summed E-state index contributed by atoms with van der Waals surface area (Å²) in [4.78, 5) is 17.4. The number of piperidine rings is 1. The van der Waals surface area contributed by atoms with Gasteiger partial charge in [0.2, 0.25) is 5.89 Å². The Bertz CT molecular complexity index is 755. The van der Waals surface area contributed by atoms with Crippen molar-refractivity contribution in [3.63, 3.8) is 0 Å². The van der Waals surface area contributed by atoms with E-state index >= 15 is 0 Å². The smallest absolute Gasteiger partial charge is 0.253 e. The fourth-order valence-corrected chi connectivity index (χ4v) is 3.24. The van der Waals surface area contributed by atoms with Crippen molar-refractivity contribution >= 4 is 5.91 Å². The first-order valence-electron chi connectivity index (χ1n) is 8.59. The van der Waals surface area contributed by atoms with Crippen molar-refractivity contribution in [2.24, 2.45) is 0 Å². The number of hydrogen-bond acceptors (Lipinski definition) is 7. The fourth-order valence-electron chi connectivity index (χ4n) is 3.24. The maximum absolute atomic E-state index is 13.1. The maximum Gasteiger partial charge on any atom is 0.253 e. The summed E-state index contributed by atoms with van der Waals surface area (Å²) in [6.07, 6.45) is 1.19. The van der Waals surface area contributed by atoms with Gasteiger partial charge in [-0.05, 0) is 32.0 Å². The van der Waals surface area contributed by atoms with Crippen molar-refractivity contribution in [2.45, 2.75) is 31.4 Å². The highest BCUT2D eigenvalue weighted by Gasteiger charge is 2.41. The Kier molecular flexibility index (Phi) is 5.53. The Morgan fingerprint density at radius 3 is 2.65 bits per heavy atom. The molecule has 2 aromatic rings. The van der Waals surface area contributed by atoms with Gasteiger partial charge in [-0.1, -0.05) is 23.4 Å². The van der Waals surface area contributed by atoms with E-state index < -0.39 is 11.6 Å². The van der Waals surface area contributed by atoms with E-state index in [0.29, 0.717) is 30.3 Å². The van der Waals surface area contributed by atoms with Gasteiger partial charge in [0.15, 0.2) is 5.82 Å². The van der Waals surface area contributed by atoms with Crippen LogP contribution >= 0.6 is 0 Å². The van der Waals surface area contributed by atoms with Gasteiger partial charge in [-0.2, -0.15) is 4.98 Å². The molecule has 0 spiro atoms. The van der Waals surface area contributed by atoms with Crippen LogP contribution in [0.25, 0.3) is 0 Å². The number of rotatable bonds is 6. The molecule has 0 bridgehead atoms. The molecule has 3 rings (SSSR count). The highest BCUT2D eigenvalue weighted by atomic mass is 16.5. The van der Waals surface area contributed by atoms with Gasteiger partial charge < -0.3 is 24.6 Å². The quantitative estimate of drug-likeness (QED) is 0.802. The first-order valence-corrected chi connectivity index (χ1v) is 8.59. The number of para-hydroxylation sites is 1. The van der Waals surface area contributed by atoms with Gasteiger partial charge in [-0.25, -0.2) is 0 Å². The minimum atomic E-state index is -0.871. The van der Waals surface area contributed by atoms with Crippen molar-refractivity contribution in [2.75, 3.05) is 27.3 Å². The summed E-state index contributed by atoms with van der Waals surface area (Å²) in [6.45, 7) is 3.16. The Morgan fingerprint density at radius 1 is 1.31 bits per heavy atom. The van der Waals surface area contributed by atoms with Crippen LogP contribution in [0.15, 0.2) is 28.8 Å². The first-order chi connectivity index (χ1) is 12.6. The number of carbonyl (C=O) groups is 1. The van der Waals surface area contributed by atoms with E-state index in [4.69, 9.17) is 14.0 Å². The Hall–Kier alpha value is -2.45. The number of carbonyl (C=O) groups excluding carboxylic acids is 1. The second-order valence-corrected chi connectivity index (χ2v) is 6.27. The predicted octanol–water partition coefficient (Wildman–Crippen LogP) is 1.36. The van der Waals surface area contributed by atoms with E-state index in [-0.39, 0.29) is 5.91 Å². The minimum absolute atomic E-state index is 0.195. The van der Waals surface area contributed by atoms with Gasteiger partial charge >= 0.3 is 0 Å². The van der Waals surface area contributed by atoms with Crippen molar-refractivity contribution < 1.29 is 18.8 Å². The SMILES string of the molecule is COc1ccccc1C(NC(=O)C1(OC)CCNCC1)c1noc(C)n1. The highest BCUT2D eigenvalue weighted by molar-refractivity contribution is 5.86. The van der Waals surface area contributed by atoms with Crippen LogP contribution in [-0.4, -0.2) is 49.0 Å². The molecule has 1 unspecified atom stereocenters. The molecule has 2 N–H and O–H groups in total. The predicted molar refractivity (Wildman–Crippen MR) is 93.9 cm³/mol. The molecule has 8 nitrogen and oxygen atoms in total. The number of nitrogens with one attached hydrogen (secondary N) is 2. The zero-order valence-corrected chi connectivity index (χ0v) is 15.2. The summed E-state index contributed by atoms with van der Waals surface area (Å²) in [5.41, 5.74) is -0.117. The zero-order valence-electron chi connectivity index (χ0n) is 15.2. The number of ether oxygens (including phenoxy) is 2. The number of aromatic nitrogens is 2. The molecule has 1 saturated heterocycles. The van der Waals surface area contributed by atoms with Gasteiger partial charge in [0.25, 0.3) is 5.91 Å². The van der Waals surface area contributed by atoms with Gasteiger partial charge in [0.05, 0.1) is 7.11 Å². The Labute approximate surface area is 152 Å². The first kappa shape index (κ1) is 18.3. The molecule has 140 valence electrons. The molecule has 0 saturated carbocycles. The second-order valence-electron chi connectivity index (χ2n) is 6.27. The van der Waals surface area contributed by atoms with Gasteiger partial charge in [0, 0.05) is 19.6 Å². The van der Waals surface area contributed by atoms with Crippen LogP contribution < -0.4 is 15.4 Å². The van der Waals surface area contributed by atoms with Gasteiger partial charge in [-0.15, -0.1) is 0 Å². The Morgan fingerprint density at radius 2 is 2.04 bits per heavy atom. The van der Waals surface area contributed by atoms with Crippen LogP contribution in [0.5, 0.6) is 5.75 Å². The number of nitrogens with zero attached hydrogens (tertiary/aromatic N) is 2. The molecule has 1 amide bonds. The number of amides is 1. The van der Waals surface area contributed by atoms with E-state index in [1.54, 1.807) is 21.1 Å². The third-order valence-electron chi connectivity index (χ3n) is 4.74. The molecule has 1 aliphatic rings. The Balaban J connectivity index is 1.95. The van der Waals surface area contributed by atoms with Crippen molar-refractivity contribution in [1.82, 2.24) is 20.8 Å². The fraction of sp³-hybridized carbons (Fsp3) is 0.500. The average molecular weight is 360 g/mol. The highest BCUT2D eigenvalue weighted by Crippen LogP contribution is 2.30. The van der Waals surface area contributed by atoms with Crippen molar-refractivity contribution in [3.05, 3.63) is 41.5 Å². The van der Waals surface area contributed by atoms with Gasteiger partial charge in [-0.3, -0.25) is 4.79 Å². The van der Waals surface area contributed by atoms with Gasteiger partial charge in [0.1, 0.15) is 17.4 Å². The molecule has 2 heterocycles. The van der Waals surface area contributed by atoms with Crippen LogP contribution in [0, 0.1) is 6.92 Å². The normalized spacial score (nSPS) is 17.5. The molecule has 0 aliphatic carbocycles. The van der Waals surface area contributed by atoms with Crippen LogP contribution in [0.3, 0.4) is 0 Å². The molecule has 1 aromatic carbocycles. The third-order valence-corrected chi connectivity index (χ3v) is 4.74. The standard InChI is InChI=1S/C18H24N4O4/c1-12-20-16(22-26-12)15(13-6-4-5-7-14(13)24-2)21-17(23)18(25-3)8-10-19-11-9-18/h4-7,15,19H,8-11H2,1-3H3,(H,21,23). The largest absolute Gasteiger partial charge is 0.496 e. The topological polar surface area (TPSA) is 98.5 Å². The summed E-state index contributed by atoms with van der Waals surface area (Å²) in [5, 5.41) is 10.3. The van der Waals surface area contributed by atoms with Crippen molar-refractivity contribution in [1.29, 1.82) is 0 Å². The lowest BCUT2D eigenvalue weighted by atomic mass is 9.90. The summed E-state index contributed by atoms with van der Waals surface area (Å²) in [6, 6.07) is 6.85. The van der Waals surface area contributed by atoms with E-state index in [0.717, 1.165) is 18.7 Å². The zero-order chi connectivity index (χ0) is 18.6. The van der Waals surface area contributed by atoms with E-state index in [2.05, 4.69) is 20.8 Å². The number of benzene rings is 1. The molecule has 26 heavy (non-hydrogen) atoms. The molecular weight excluding hydrogens is 336 g/mol. The molecule has 1 aliphatic heterocycles. The lowest BCUT2D eigenvalue weighted by Crippen LogP contribution is -2.54. The lowest BCUT2D eigenvalue weighted by molar-refractivity contribution is -0.147. The second kappa shape index (κ2) is 7.84. The average Bonchev–Trinajstić information content (AvgIpc) is 3.12. The van der Waals surface area contributed by atoms with Crippen LogP contribution in [-0.2, 0) is 9.53 Å². The van der Waals surface area contributed by atoms with Crippen LogP contribution in [0.1, 0.15) is 36.2 Å². The lowest BCUT2D eigenvalue weighted by Gasteiger charge is -2.35. The van der Waals surface area contributed by atoms with E-state index in [9.17, 15) is 4.79 Å². The summed E-state index contributed by atoms with van der Waals surface area (Å²) < 4.78 is 16.2. The third kappa shape index (κ3) is 3.56. The molecule has 1 fully saturated rings. The molecule has 1 aromatic heterocycles. The molecular formula is C18H24N4O4. The molecule has 1 atom stereocenters. The van der Waals surface area contributed by atoms with E-state index in [1.165, 1.54) is 0 Å². The van der Waals surface area contributed by atoms with Crippen LogP contribution in [0.4, 0.5) is 0 Å². The summed E-state index contributed by atoms with van der Waals surface area (Å²) in [5.74, 6) is 1.25. The van der Waals surface area contributed by atoms with Crippen molar-refractivity contribution in [3.8, 4) is 5.75 Å². The maximum atomic E-state index is 13.1. The van der Waals surface area contributed by atoms with E-state index in [1.807, 2.05) is 24.3 Å². The monoisotopic (exact) mass is 360 g/mol. The number of hydrogen-bond donors (Lipinski definition) is 2. The summed E-state index contributed by atoms with van der Waals surface area (Å²) in [7, 11) is 3.16. The minimum Gasteiger partial charge on any atom is -0.496 e. The molecule has 8 heteroatoms. The number of methoxy groups -OCH3 is 2. The number of aryl methyl sites for hydroxylation is 1.